The molecule has 1 amide bonds. The van der Waals surface area contributed by atoms with Crippen LogP contribution in [0.1, 0.15) is 6.42 Å². The molecule has 0 spiro atoms. The molecule has 1 aliphatic heterocycles. The Hall–Kier alpha value is -0.320. The molecule has 1 saturated heterocycles. The summed E-state index contributed by atoms with van der Waals surface area (Å²) in [7, 11) is 2.07. The summed E-state index contributed by atoms with van der Waals surface area (Å²) in [4.78, 5) is 15.5. The van der Waals surface area contributed by atoms with E-state index in [-0.39, 0.29) is 18.3 Å². The normalized spacial score (nSPS) is 18.2. The van der Waals surface area contributed by atoms with E-state index in [0.717, 1.165) is 26.2 Å². The van der Waals surface area contributed by atoms with Gasteiger partial charge in [0.05, 0.1) is 0 Å². The van der Waals surface area contributed by atoms with E-state index in [1.165, 1.54) is 0 Å². The van der Waals surface area contributed by atoms with Crippen LogP contribution in [0.5, 0.6) is 0 Å². The fourth-order valence-electron chi connectivity index (χ4n) is 1.34. The van der Waals surface area contributed by atoms with Crippen LogP contribution in [0, 0.1) is 0 Å². The molecule has 4 nitrogen and oxygen atoms in total. The van der Waals surface area contributed by atoms with Gasteiger partial charge in [-0.2, -0.15) is 0 Å². The van der Waals surface area contributed by atoms with Crippen molar-refractivity contribution in [3.05, 3.63) is 0 Å². The highest BCUT2D eigenvalue weighted by Gasteiger charge is 2.17. The molecule has 1 fully saturated rings. The number of likely N-dealkylation sites (N-methyl/N-ethyl adjacent to an activating group) is 1. The molecule has 0 atom stereocenters. The SMILES string of the molecule is CN1CCN(C(=O)CCN)CC1.Cl. The Morgan fingerprint density at radius 2 is 1.85 bits per heavy atom. The van der Waals surface area contributed by atoms with Crippen molar-refractivity contribution in [2.45, 2.75) is 6.42 Å². The van der Waals surface area contributed by atoms with Crippen molar-refractivity contribution in [3.63, 3.8) is 0 Å². The van der Waals surface area contributed by atoms with Gasteiger partial charge < -0.3 is 15.5 Å². The Morgan fingerprint density at radius 3 is 2.31 bits per heavy atom. The van der Waals surface area contributed by atoms with Crippen LogP contribution in [0.4, 0.5) is 0 Å². The highest BCUT2D eigenvalue weighted by Crippen LogP contribution is 2.00. The fourth-order valence-corrected chi connectivity index (χ4v) is 1.34. The molecule has 1 heterocycles. The Labute approximate surface area is 85.5 Å². The first-order valence-corrected chi connectivity index (χ1v) is 4.40. The zero-order valence-corrected chi connectivity index (χ0v) is 8.85. The van der Waals surface area contributed by atoms with Gasteiger partial charge in [-0.05, 0) is 7.05 Å². The van der Waals surface area contributed by atoms with Gasteiger partial charge in [-0.25, -0.2) is 0 Å². The molecule has 13 heavy (non-hydrogen) atoms. The third-order valence-electron chi connectivity index (χ3n) is 2.21. The van der Waals surface area contributed by atoms with Gasteiger partial charge in [-0.3, -0.25) is 4.79 Å². The third-order valence-corrected chi connectivity index (χ3v) is 2.21. The molecule has 5 heteroatoms. The second kappa shape index (κ2) is 6.18. The summed E-state index contributed by atoms with van der Waals surface area (Å²) in [5.74, 6) is 0.200. The molecule has 0 aromatic carbocycles. The van der Waals surface area contributed by atoms with Crippen molar-refractivity contribution in [2.75, 3.05) is 39.8 Å². The number of nitrogens with zero attached hydrogens (tertiary/aromatic N) is 2. The van der Waals surface area contributed by atoms with Gasteiger partial charge in [0.1, 0.15) is 0 Å². The van der Waals surface area contributed by atoms with E-state index in [0.29, 0.717) is 13.0 Å². The van der Waals surface area contributed by atoms with Crippen LogP contribution in [-0.2, 0) is 4.79 Å². The van der Waals surface area contributed by atoms with Crippen LogP contribution in [0.2, 0.25) is 0 Å². The van der Waals surface area contributed by atoms with Gasteiger partial charge in [0.15, 0.2) is 0 Å². The Kier molecular flexibility index (Phi) is 6.03. The Balaban J connectivity index is 0.00000144. The molecular formula is C8H18ClN3O. The molecule has 1 aliphatic rings. The second-order valence-corrected chi connectivity index (χ2v) is 3.22. The van der Waals surface area contributed by atoms with E-state index in [1.54, 1.807) is 0 Å². The quantitative estimate of drug-likeness (QED) is 0.666. The lowest BCUT2D eigenvalue weighted by atomic mass is 10.3. The molecule has 2 N–H and O–H groups in total. The number of piperazine rings is 1. The van der Waals surface area contributed by atoms with Crippen LogP contribution >= 0.6 is 12.4 Å². The summed E-state index contributed by atoms with van der Waals surface area (Å²) in [6.45, 7) is 4.14. The zero-order valence-electron chi connectivity index (χ0n) is 8.03. The summed E-state index contributed by atoms with van der Waals surface area (Å²) in [5, 5.41) is 0. The second-order valence-electron chi connectivity index (χ2n) is 3.22. The van der Waals surface area contributed by atoms with Crippen LogP contribution in [0.25, 0.3) is 0 Å². The maximum absolute atomic E-state index is 11.3. The number of halogens is 1. The van der Waals surface area contributed by atoms with Crippen LogP contribution in [-0.4, -0.2) is 55.5 Å². The van der Waals surface area contributed by atoms with E-state index in [4.69, 9.17) is 5.73 Å². The molecule has 0 aromatic heterocycles. The minimum atomic E-state index is 0. The molecular weight excluding hydrogens is 190 g/mol. The summed E-state index contributed by atoms with van der Waals surface area (Å²) in [6, 6.07) is 0. The third kappa shape index (κ3) is 3.93. The molecule has 0 saturated carbocycles. The topological polar surface area (TPSA) is 49.6 Å². The van der Waals surface area contributed by atoms with Gasteiger partial charge in [-0.15, -0.1) is 12.4 Å². The number of rotatable bonds is 2. The fraction of sp³-hybridized carbons (Fsp3) is 0.875. The Bertz CT molecular complexity index is 157. The van der Waals surface area contributed by atoms with Crippen molar-refractivity contribution < 1.29 is 4.79 Å². The van der Waals surface area contributed by atoms with E-state index in [9.17, 15) is 4.79 Å². The summed E-state index contributed by atoms with van der Waals surface area (Å²) < 4.78 is 0. The van der Waals surface area contributed by atoms with E-state index >= 15 is 0 Å². The number of hydrogen-bond donors (Lipinski definition) is 1. The monoisotopic (exact) mass is 207 g/mol. The standard InChI is InChI=1S/C8H17N3O.ClH/c1-10-4-6-11(7-5-10)8(12)2-3-9;/h2-7,9H2,1H3;1H. The van der Waals surface area contributed by atoms with Crippen molar-refractivity contribution in [2.24, 2.45) is 5.73 Å². The zero-order chi connectivity index (χ0) is 8.97. The van der Waals surface area contributed by atoms with E-state index in [2.05, 4.69) is 11.9 Å². The number of hydrogen-bond acceptors (Lipinski definition) is 3. The first-order chi connectivity index (χ1) is 5.74. The lowest BCUT2D eigenvalue weighted by molar-refractivity contribution is -0.132. The first-order valence-electron chi connectivity index (χ1n) is 4.40. The summed E-state index contributed by atoms with van der Waals surface area (Å²) in [5.41, 5.74) is 5.31. The van der Waals surface area contributed by atoms with E-state index in [1.807, 2.05) is 4.90 Å². The predicted octanol–water partition coefficient (Wildman–Crippen LogP) is -0.469. The van der Waals surface area contributed by atoms with Gasteiger partial charge >= 0.3 is 0 Å². The number of nitrogens with two attached hydrogens (primary N) is 1. The summed E-state index contributed by atoms with van der Waals surface area (Å²) in [6.07, 6.45) is 0.490. The molecule has 0 radical (unpaired) electrons. The first kappa shape index (κ1) is 12.7. The van der Waals surface area contributed by atoms with Gasteiger partial charge in [0.2, 0.25) is 5.91 Å². The van der Waals surface area contributed by atoms with Crippen LogP contribution in [0.15, 0.2) is 0 Å². The average molecular weight is 208 g/mol. The smallest absolute Gasteiger partial charge is 0.223 e. The molecule has 0 unspecified atom stereocenters. The number of amides is 1. The number of carbonyl (C=O) groups is 1. The van der Waals surface area contributed by atoms with Crippen molar-refractivity contribution in [3.8, 4) is 0 Å². The molecule has 0 aromatic rings. The van der Waals surface area contributed by atoms with Gasteiger partial charge in [-0.1, -0.05) is 0 Å². The van der Waals surface area contributed by atoms with Gasteiger partial charge in [0.25, 0.3) is 0 Å². The van der Waals surface area contributed by atoms with Crippen molar-refractivity contribution >= 4 is 18.3 Å². The lowest BCUT2D eigenvalue weighted by Gasteiger charge is -2.32. The van der Waals surface area contributed by atoms with Gasteiger partial charge in [0, 0.05) is 39.1 Å². The van der Waals surface area contributed by atoms with Crippen molar-refractivity contribution in [1.29, 1.82) is 0 Å². The summed E-state index contributed by atoms with van der Waals surface area (Å²) >= 11 is 0. The highest BCUT2D eigenvalue weighted by molar-refractivity contribution is 5.85. The maximum Gasteiger partial charge on any atom is 0.223 e. The minimum absolute atomic E-state index is 0. The largest absolute Gasteiger partial charge is 0.340 e. The number of carbonyl (C=O) groups excluding carboxylic acids is 1. The maximum atomic E-state index is 11.3. The van der Waals surface area contributed by atoms with Crippen molar-refractivity contribution in [1.82, 2.24) is 9.80 Å². The van der Waals surface area contributed by atoms with Crippen LogP contribution in [0.3, 0.4) is 0 Å². The predicted molar refractivity (Wildman–Crippen MR) is 55.0 cm³/mol. The van der Waals surface area contributed by atoms with Crippen LogP contribution < -0.4 is 5.73 Å². The molecule has 1 rings (SSSR count). The highest BCUT2D eigenvalue weighted by atomic mass is 35.5. The molecule has 0 bridgehead atoms. The lowest BCUT2D eigenvalue weighted by Crippen LogP contribution is -2.47. The molecule has 78 valence electrons. The van der Waals surface area contributed by atoms with E-state index < -0.39 is 0 Å². The minimum Gasteiger partial charge on any atom is -0.340 e. The molecule has 0 aliphatic carbocycles. The Morgan fingerprint density at radius 1 is 1.31 bits per heavy atom. The average Bonchev–Trinajstić information content (AvgIpc) is 2.06.